The number of pyridine rings is 1. The first-order valence-corrected chi connectivity index (χ1v) is 11.2. The SMILES string of the molecule is CN(c1ccc(C#N)cn1)C1CCN(C(=O)OC2[C@@H]3CC4C[C@H]2CC(C(N)=O)(C4)C3)C1. The molecule has 6 atom stereocenters. The molecule has 4 saturated carbocycles. The van der Waals surface area contributed by atoms with Gasteiger partial charge in [0, 0.05) is 32.4 Å². The molecule has 164 valence electrons. The van der Waals surface area contributed by atoms with E-state index in [9.17, 15) is 9.59 Å². The molecule has 2 heterocycles. The first-order chi connectivity index (χ1) is 14.9. The molecule has 6 rings (SSSR count). The number of primary amides is 1. The minimum Gasteiger partial charge on any atom is -0.446 e. The number of ether oxygens (including phenoxy) is 1. The van der Waals surface area contributed by atoms with Crippen LogP contribution >= 0.6 is 0 Å². The molecule has 1 saturated heterocycles. The lowest BCUT2D eigenvalue weighted by molar-refractivity contribution is -0.161. The van der Waals surface area contributed by atoms with Gasteiger partial charge in [-0.05, 0) is 68.4 Å². The summed E-state index contributed by atoms with van der Waals surface area (Å²) in [4.78, 5) is 33.3. The summed E-state index contributed by atoms with van der Waals surface area (Å²) in [6.07, 6.45) is 6.61. The smallest absolute Gasteiger partial charge is 0.410 e. The van der Waals surface area contributed by atoms with Crippen molar-refractivity contribution in [2.24, 2.45) is 28.9 Å². The van der Waals surface area contributed by atoms with Crippen LogP contribution in [0.4, 0.5) is 10.6 Å². The van der Waals surface area contributed by atoms with E-state index in [2.05, 4.69) is 16.0 Å². The fourth-order valence-corrected chi connectivity index (χ4v) is 6.73. The molecule has 4 unspecified atom stereocenters. The number of nitrogens with two attached hydrogens (primary N) is 1. The second-order valence-corrected chi connectivity index (χ2v) is 9.98. The van der Waals surface area contributed by atoms with Crippen molar-refractivity contribution in [1.29, 1.82) is 5.26 Å². The van der Waals surface area contributed by atoms with Gasteiger partial charge in [0.15, 0.2) is 0 Å². The van der Waals surface area contributed by atoms with Crippen LogP contribution in [0.1, 0.15) is 44.1 Å². The predicted octanol–water partition coefficient (Wildman–Crippen LogP) is 2.28. The molecular weight excluding hydrogens is 394 g/mol. The zero-order chi connectivity index (χ0) is 21.8. The Morgan fingerprint density at radius 1 is 1.29 bits per heavy atom. The Kier molecular flexibility index (Phi) is 4.80. The highest BCUT2D eigenvalue weighted by atomic mass is 16.6. The minimum absolute atomic E-state index is 0.0894. The molecule has 0 aromatic carbocycles. The number of likely N-dealkylation sites (N-methyl/N-ethyl adjacent to an activating group) is 1. The molecule has 5 aliphatic rings. The lowest BCUT2D eigenvalue weighted by atomic mass is 9.48. The van der Waals surface area contributed by atoms with Gasteiger partial charge in [0.1, 0.15) is 18.0 Å². The normalized spacial score (nSPS) is 35.6. The van der Waals surface area contributed by atoms with Crippen molar-refractivity contribution in [1.82, 2.24) is 9.88 Å². The monoisotopic (exact) mass is 423 g/mol. The van der Waals surface area contributed by atoms with Crippen molar-refractivity contribution >= 4 is 17.8 Å². The molecule has 31 heavy (non-hydrogen) atoms. The van der Waals surface area contributed by atoms with Gasteiger partial charge in [0.25, 0.3) is 0 Å². The third-order valence-corrected chi connectivity index (χ3v) is 8.15. The Hall–Kier alpha value is -2.82. The van der Waals surface area contributed by atoms with Crippen LogP contribution in [-0.4, -0.2) is 54.2 Å². The van der Waals surface area contributed by atoms with Gasteiger partial charge in [0.2, 0.25) is 5.91 Å². The van der Waals surface area contributed by atoms with E-state index in [0.29, 0.717) is 24.6 Å². The maximum atomic E-state index is 13.0. The van der Waals surface area contributed by atoms with Crippen molar-refractivity contribution in [3.05, 3.63) is 23.9 Å². The zero-order valence-electron chi connectivity index (χ0n) is 17.9. The second-order valence-electron chi connectivity index (χ2n) is 9.98. The third kappa shape index (κ3) is 3.40. The van der Waals surface area contributed by atoms with Crippen LogP contribution in [-0.2, 0) is 9.53 Å². The molecule has 0 spiro atoms. The van der Waals surface area contributed by atoms with Crippen LogP contribution in [0.3, 0.4) is 0 Å². The van der Waals surface area contributed by atoms with Crippen LogP contribution in [0.5, 0.6) is 0 Å². The fourth-order valence-electron chi connectivity index (χ4n) is 6.73. The predicted molar refractivity (Wildman–Crippen MR) is 113 cm³/mol. The van der Waals surface area contributed by atoms with Gasteiger partial charge in [-0.1, -0.05) is 0 Å². The van der Waals surface area contributed by atoms with E-state index in [0.717, 1.165) is 44.3 Å². The number of anilines is 1. The molecule has 1 aromatic rings. The van der Waals surface area contributed by atoms with Crippen molar-refractivity contribution in [2.45, 2.75) is 50.7 Å². The molecule has 8 heteroatoms. The molecule has 2 amide bonds. The molecule has 1 aromatic heterocycles. The number of amides is 2. The van der Waals surface area contributed by atoms with Crippen molar-refractivity contribution < 1.29 is 14.3 Å². The number of carbonyl (C=O) groups is 2. The van der Waals surface area contributed by atoms with Crippen LogP contribution in [0, 0.1) is 34.5 Å². The Morgan fingerprint density at radius 3 is 2.65 bits per heavy atom. The van der Waals surface area contributed by atoms with Crippen LogP contribution < -0.4 is 10.6 Å². The largest absolute Gasteiger partial charge is 0.446 e. The molecule has 2 N–H and O–H groups in total. The summed E-state index contributed by atoms with van der Waals surface area (Å²) < 4.78 is 6.06. The summed E-state index contributed by atoms with van der Waals surface area (Å²) in [5, 5.41) is 8.94. The van der Waals surface area contributed by atoms with Gasteiger partial charge in [-0.2, -0.15) is 5.26 Å². The van der Waals surface area contributed by atoms with Crippen LogP contribution in [0.25, 0.3) is 0 Å². The van der Waals surface area contributed by atoms with Gasteiger partial charge in [-0.3, -0.25) is 4.79 Å². The van der Waals surface area contributed by atoms with E-state index in [4.69, 9.17) is 15.7 Å². The molecule has 1 aliphatic heterocycles. The van der Waals surface area contributed by atoms with Gasteiger partial charge in [-0.15, -0.1) is 0 Å². The number of nitriles is 1. The van der Waals surface area contributed by atoms with Gasteiger partial charge < -0.3 is 20.3 Å². The number of hydrogen-bond acceptors (Lipinski definition) is 6. The maximum Gasteiger partial charge on any atom is 0.410 e. The van der Waals surface area contributed by atoms with Crippen molar-refractivity contribution in [3.8, 4) is 6.07 Å². The van der Waals surface area contributed by atoms with Crippen molar-refractivity contribution in [3.63, 3.8) is 0 Å². The third-order valence-electron chi connectivity index (χ3n) is 8.15. The van der Waals surface area contributed by atoms with Gasteiger partial charge in [0.05, 0.1) is 11.0 Å². The fraction of sp³-hybridized carbons (Fsp3) is 0.652. The molecular formula is C23H29N5O3. The number of hydrogen-bond donors (Lipinski definition) is 1. The number of likely N-dealkylation sites (tertiary alicyclic amines) is 1. The summed E-state index contributed by atoms with van der Waals surface area (Å²) >= 11 is 0. The Morgan fingerprint density at radius 2 is 2.03 bits per heavy atom. The topological polar surface area (TPSA) is 113 Å². The molecule has 4 aliphatic carbocycles. The standard InChI is InChI=1S/C23H29N5O3/c1-27(19-3-2-14(11-24)12-26-19)18-4-5-28(13-18)22(30)31-20-16-6-15-7-17(20)10-23(8-15,9-16)21(25)29/h2-3,12,15-18,20H,4-10,13H2,1H3,(H2,25,29)/t15?,16-,17+,18?,20?,23?. The van der Waals surface area contributed by atoms with E-state index in [1.165, 1.54) is 0 Å². The first kappa shape index (κ1) is 20.1. The average Bonchev–Trinajstić information content (AvgIpc) is 3.25. The summed E-state index contributed by atoms with van der Waals surface area (Å²) in [6, 6.07) is 5.83. The van der Waals surface area contributed by atoms with E-state index < -0.39 is 0 Å². The average molecular weight is 424 g/mol. The summed E-state index contributed by atoms with van der Waals surface area (Å²) in [5.41, 5.74) is 5.93. The maximum absolute atomic E-state index is 13.0. The lowest BCUT2D eigenvalue weighted by Crippen LogP contribution is -2.59. The number of aromatic nitrogens is 1. The highest BCUT2D eigenvalue weighted by Crippen LogP contribution is 2.60. The molecule has 0 radical (unpaired) electrons. The minimum atomic E-state index is -0.366. The molecule has 8 nitrogen and oxygen atoms in total. The Balaban J connectivity index is 1.20. The first-order valence-electron chi connectivity index (χ1n) is 11.2. The quantitative estimate of drug-likeness (QED) is 0.795. The van der Waals surface area contributed by atoms with Gasteiger partial charge >= 0.3 is 6.09 Å². The molecule has 5 fully saturated rings. The van der Waals surface area contributed by atoms with E-state index in [-0.39, 0.29) is 41.4 Å². The Labute approximate surface area is 182 Å². The highest BCUT2D eigenvalue weighted by molar-refractivity contribution is 5.81. The van der Waals surface area contributed by atoms with E-state index in [1.54, 1.807) is 17.2 Å². The Bertz CT molecular complexity index is 910. The number of nitrogens with zero attached hydrogens (tertiary/aromatic N) is 4. The van der Waals surface area contributed by atoms with Crippen LogP contribution in [0.2, 0.25) is 0 Å². The van der Waals surface area contributed by atoms with E-state index >= 15 is 0 Å². The summed E-state index contributed by atoms with van der Waals surface area (Å²) in [5.74, 6) is 1.68. The number of carbonyl (C=O) groups excluding carboxylic acids is 2. The summed E-state index contributed by atoms with van der Waals surface area (Å²) in [6.45, 7) is 1.24. The molecule has 4 bridgehead atoms. The lowest BCUT2D eigenvalue weighted by Gasteiger charge is -2.58. The highest BCUT2D eigenvalue weighted by Gasteiger charge is 2.59. The van der Waals surface area contributed by atoms with Crippen LogP contribution in [0.15, 0.2) is 18.3 Å². The second kappa shape index (κ2) is 7.40. The van der Waals surface area contributed by atoms with Crippen molar-refractivity contribution in [2.75, 3.05) is 25.0 Å². The summed E-state index contributed by atoms with van der Waals surface area (Å²) in [7, 11) is 1.97. The van der Waals surface area contributed by atoms with Gasteiger partial charge in [-0.25, -0.2) is 9.78 Å². The van der Waals surface area contributed by atoms with E-state index in [1.807, 2.05) is 13.1 Å². The number of rotatable bonds is 4. The zero-order valence-corrected chi connectivity index (χ0v) is 17.9.